The molecule has 2 rings (SSSR count). The molecule has 2 nitrogen and oxygen atoms in total. The van der Waals surface area contributed by atoms with Gasteiger partial charge in [-0.05, 0) is 24.6 Å². The maximum absolute atomic E-state index is 13.0. The number of benzene rings is 2. The van der Waals surface area contributed by atoms with Gasteiger partial charge in [-0.15, -0.1) is 0 Å². The predicted molar refractivity (Wildman–Crippen MR) is 66.3 cm³/mol. The van der Waals surface area contributed by atoms with E-state index in [0.717, 1.165) is 23.8 Å². The van der Waals surface area contributed by atoms with Crippen molar-refractivity contribution < 1.29 is 13.5 Å². The third-order valence-electron chi connectivity index (χ3n) is 2.53. The Labute approximate surface area is 104 Å². The van der Waals surface area contributed by atoms with Gasteiger partial charge < -0.3 is 10.5 Å². The molecule has 0 saturated carbocycles. The first-order chi connectivity index (χ1) is 8.54. The topological polar surface area (TPSA) is 35.2 Å². The smallest absolute Gasteiger partial charge is 0.129 e. The zero-order valence-electron chi connectivity index (χ0n) is 9.86. The second kappa shape index (κ2) is 5.04. The third-order valence-corrected chi connectivity index (χ3v) is 2.53. The van der Waals surface area contributed by atoms with Crippen molar-refractivity contribution >= 4 is 5.69 Å². The van der Waals surface area contributed by atoms with Gasteiger partial charge in [0.05, 0.1) is 0 Å². The summed E-state index contributed by atoms with van der Waals surface area (Å²) < 4.78 is 31.5. The molecule has 2 N–H and O–H groups in total. The van der Waals surface area contributed by atoms with Gasteiger partial charge in [0.15, 0.2) is 0 Å². The zero-order chi connectivity index (χ0) is 13.1. The zero-order valence-corrected chi connectivity index (χ0v) is 9.86. The van der Waals surface area contributed by atoms with Crippen molar-refractivity contribution in [2.45, 2.75) is 13.0 Å². The fourth-order valence-corrected chi connectivity index (χ4v) is 1.68. The van der Waals surface area contributed by atoms with Gasteiger partial charge in [0.2, 0.25) is 0 Å². The number of nitrogens with two attached hydrogens (primary N) is 1. The minimum absolute atomic E-state index is 0.155. The molecule has 0 fully saturated rings. The largest absolute Gasteiger partial charge is 0.486 e. The lowest BCUT2D eigenvalue weighted by molar-refractivity contribution is 0.225. The number of hydrogen-bond donors (Lipinski definition) is 1. The Balaban J connectivity index is 2.18. The van der Waals surface area contributed by atoms with Gasteiger partial charge in [0.1, 0.15) is 23.5 Å². The van der Waals surface area contributed by atoms with Crippen LogP contribution in [-0.4, -0.2) is 0 Å². The maximum Gasteiger partial charge on any atom is 0.129 e. The number of ether oxygens (including phenoxy) is 1. The van der Waals surface area contributed by atoms with E-state index in [9.17, 15) is 8.78 Å². The molecular weight excluding hydrogens is 236 g/mol. The molecule has 0 bridgehead atoms. The summed E-state index contributed by atoms with van der Waals surface area (Å²) in [6.45, 7) is 1.79. The fourth-order valence-electron chi connectivity index (χ4n) is 1.68. The molecule has 94 valence electrons. The first-order valence-corrected chi connectivity index (χ1v) is 5.53. The van der Waals surface area contributed by atoms with Crippen LogP contribution in [0.2, 0.25) is 0 Å². The van der Waals surface area contributed by atoms with E-state index in [-0.39, 0.29) is 11.9 Å². The molecule has 0 aromatic heterocycles. The van der Waals surface area contributed by atoms with Crippen LogP contribution in [0.25, 0.3) is 0 Å². The summed E-state index contributed by atoms with van der Waals surface area (Å²) in [5, 5.41) is 0. The standard InChI is InChI=1S/C14H13F2NO/c1-9(10-3-2-4-13(17)5-10)18-14-7-11(15)6-12(16)8-14/h2-9H,17H2,1H3. The lowest BCUT2D eigenvalue weighted by atomic mass is 10.1. The van der Waals surface area contributed by atoms with E-state index in [1.165, 1.54) is 0 Å². The van der Waals surface area contributed by atoms with E-state index in [4.69, 9.17) is 10.5 Å². The molecular formula is C14H13F2NO. The highest BCUT2D eigenvalue weighted by Gasteiger charge is 2.09. The van der Waals surface area contributed by atoms with Crippen LogP contribution in [0.15, 0.2) is 42.5 Å². The third kappa shape index (κ3) is 2.97. The van der Waals surface area contributed by atoms with Crippen LogP contribution in [-0.2, 0) is 0 Å². The Morgan fingerprint density at radius 1 is 1.06 bits per heavy atom. The minimum atomic E-state index is -0.662. The highest BCUT2D eigenvalue weighted by atomic mass is 19.1. The molecule has 0 aliphatic heterocycles. The minimum Gasteiger partial charge on any atom is -0.486 e. The van der Waals surface area contributed by atoms with Crippen molar-refractivity contribution in [3.05, 3.63) is 59.7 Å². The quantitative estimate of drug-likeness (QED) is 0.842. The Morgan fingerprint density at radius 3 is 2.33 bits per heavy atom. The van der Waals surface area contributed by atoms with Crippen molar-refractivity contribution in [2.75, 3.05) is 5.73 Å². The summed E-state index contributed by atoms with van der Waals surface area (Å²) in [5.41, 5.74) is 7.13. The predicted octanol–water partition coefficient (Wildman–Crippen LogP) is 3.69. The summed E-state index contributed by atoms with van der Waals surface area (Å²) in [5.74, 6) is -1.17. The van der Waals surface area contributed by atoms with Crippen molar-refractivity contribution in [3.63, 3.8) is 0 Å². The van der Waals surface area contributed by atoms with Crippen LogP contribution in [0, 0.1) is 11.6 Å². The van der Waals surface area contributed by atoms with Crippen LogP contribution < -0.4 is 10.5 Å². The van der Waals surface area contributed by atoms with E-state index in [1.54, 1.807) is 25.1 Å². The van der Waals surface area contributed by atoms with Crippen LogP contribution in [0.4, 0.5) is 14.5 Å². The monoisotopic (exact) mass is 249 g/mol. The molecule has 1 unspecified atom stereocenters. The second-order valence-corrected chi connectivity index (χ2v) is 4.04. The number of halogens is 2. The number of nitrogen functional groups attached to an aromatic ring is 1. The molecule has 18 heavy (non-hydrogen) atoms. The first-order valence-electron chi connectivity index (χ1n) is 5.53. The molecule has 2 aromatic carbocycles. The van der Waals surface area contributed by atoms with Gasteiger partial charge in [0.25, 0.3) is 0 Å². The second-order valence-electron chi connectivity index (χ2n) is 4.04. The highest BCUT2D eigenvalue weighted by Crippen LogP contribution is 2.24. The number of rotatable bonds is 3. The molecule has 0 radical (unpaired) electrons. The highest BCUT2D eigenvalue weighted by molar-refractivity contribution is 5.41. The van der Waals surface area contributed by atoms with Gasteiger partial charge in [-0.2, -0.15) is 0 Å². The van der Waals surface area contributed by atoms with Gasteiger partial charge in [-0.1, -0.05) is 12.1 Å². The average molecular weight is 249 g/mol. The normalized spacial score (nSPS) is 12.2. The van der Waals surface area contributed by atoms with E-state index in [2.05, 4.69) is 0 Å². The van der Waals surface area contributed by atoms with Crippen molar-refractivity contribution in [1.82, 2.24) is 0 Å². The Kier molecular flexibility index (Phi) is 3.46. The first kappa shape index (κ1) is 12.4. The van der Waals surface area contributed by atoms with Crippen LogP contribution in [0.1, 0.15) is 18.6 Å². The van der Waals surface area contributed by atoms with E-state index in [0.29, 0.717) is 5.69 Å². The fraction of sp³-hybridized carbons (Fsp3) is 0.143. The van der Waals surface area contributed by atoms with Gasteiger partial charge in [-0.25, -0.2) is 8.78 Å². The van der Waals surface area contributed by atoms with Crippen molar-refractivity contribution in [1.29, 1.82) is 0 Å². The molecule has 1 atom stereocenters. The Hall–Kier alpha value is -2.10. The summed E-state index contributed by atoms with van der Waals surface area (Å²) in [4.78, 5) is 0. The maximum atomic E-state index is 13.0. The molecule has 4 heteroatoms. The van der Waals surface area contributed by atoms with Gasteiger partial charge in [0, 0.05) is 23.9 Å². The summed E-state index contributed by atoms with van der Waals surface area (Å²) in [6.07, 6.45) is -0.338. The lowest BCUT2D eigenvalue weighted by Gasteiger charge is -2.15. The van der Waals surface area contributed by atoms with Crippen LogP contribution in [0.5, 0.6) is 5.75 Å². The lowest BCUT2D eigenvalue weighted by Crippen LogP contribution is -2.04. The molecule has 0 amide bonds. The molecule has 0 heterocycles. The molecule has 0 aliphatic rings. The van der Waals surface area contributed by atoms with Crippen molar-refractivity contribution in [2.24, 2.45) is 0 Å². The Morgan fingerprint density at radius 2 is 1.72 bits per heavy atom. The Bertz CT molecular complexity index is 537. The van der Waals surface area contributed by atoms with Crippen LogP contribution in [0.3, 0.4) is 0 Å². The summed E-state index contributed by atoms with van der Waals surface area (Å²) >= 11 is 0. The van der Waals surface area contributed by atoms with E-state index < -0.39 is 11.6 Å². The molecule has 0 saturated heterocycles. The van der Waals surface area contributed by atoms with Gasteiger partial charge in [-0.3, -0.25) is 0 Å². The molecule has 0 spiro atoms. The SMILES string of the molecule is CC(Oc1cc(F)cc(F)c1)c1cccc(N)c1. The van der Waals surface area contributed by atoms with E-state index in [1.807, 2.05) is 6.07 Å². The number of anilines is 1. The molecule has 0 aliphatic carbocycles. The van der Waals surface area contributed by atoms with Gasteiger partial charge >= 0.3 is 0 Å². The van der Waals surface area contributed by atoms with Crippen LogP contribution >= 0.6 is 0 Å². The van der Waals surface area contributed by atoms with E-state index >= 15 is 0 Å². The summed E-state index contributed by atoms with van der Waals surface area (Å²) in [7, 11) is 0. The molecule has 2 aromatic rings. The average Bonchev–Trinajstić information content (AvgIpc) is 2.27. The number of hydrogen-bond acceptors (Lipinski definition) is 2. The summed E-state index contributed by atoms with van der Waals surface area (Å²) in [6, 6.07) is 10.3. The van der Waals surface area contributed by atoms with Crippen molar-refractivity contribution in [3.8, 4) is 5.75 Å².